The second kappa shape index (κ2) is 7.55. The molecule has 0 aromatic rings. The number of morpholine rings is 1. The summed E-state index contributed by atoms with van der Waals surface area (Å²) in [7, 11) is 0. The van der Waals surface area contributed by atoms with Crippen molar-refractivity contribution < 1.29 is 23.1 Å². The minimum Gasteiger partial charge on any atom is -0.378 e. The lowest BCUT2D eigenvalue weighted by atomic mass is 9.86. The third-order valence-corrected chi connectivity index (χ3v) is 4.64. The van der Waals surface area contributed by atoms with Crippen LogP contribution in [0.3, 0.4) is 0 Å². The number of carbonyl (C=O) groups is 2. The van der Waals surface area contributed by atoms with Crippen LogP contribution in [0, 0.1) is 11.8 Å². The van der Waals surface area contributed by atoms with Gasteiger partial charge in [0, 0.05) is 31.8 Å². The number of hydrogen-bond donors (Lipinski definition) is 1. The van der Waals surface area contributed by atoms with Gasteiger partial charge in [-0.15, -0.1) is 0 Å². The highest BCUT2D eigenvalue weighted by atomic mass is 19.3. The molecule has 0 bridgehead atoms. The summed E-state index contributed by atoms with van der Waals surface area (Å²) in [5, 5.41) is 2.79. The number of nitrogens with zero attached hydrogens (tertiary/aromatic N) is 1. The van der Waals surface area contributed by atoms with Gasteiger partial charge in [0.15, 0.2) is 0 Å². The van der Waals surface area contributed by atoms with E-state index in [1.54, 1.807) is 4.90 Å². The minimum atomic E-state index is -2.65. The predicted octanol–water partition coefficient (Wildman–Crippen LogP) is 1.81. The third kappa shape index (κ3) is 4.86. The summed E-state index contributed by atoms with van der Waals surface area (Å²) >= 11 is 0. The van der Waals surface area contributed by atoms with Crippen LogP contribution in [-0.4, -0.2) is 55.0 Å². The highest BCUT2D eigenvalue weighted by Gasteiger charge is 2.39. The molecule has 2 rings (SSSR count). The lowest BCUT2D eigenvalue weighted by Crippen LogP contribution is -2.55. The topological polar surface area (TPSA) is 58.6 Å². The summed E-state index contributed by atoms with van der Waals surface area (Å²) < 4.78 is 31.6. The van der Waals surface area contributed by atoms with Crippen molar-refractivity contribution in [3.63, 3.8) is 0 Å². The van der Waals surface area contributed by atoms with Crippen LogP contribution in [0.25, 0.3) is 0 Å². The lowest BCUT2D eigenvalue weighted by Gasteiger charge is -2.34. The third-order valence-electron chi connectivity index (χ3n) is 4.64. The van der Waals surface area contributed by atoms with Crippen molar-refractivity contribution in [2.24, 2.45) is 11.8 Å². The maximum Gasteiger partial charge on any atom is 0.248 e. The normalized spacial score (nSPS) is 23.6. The number of carbonyl (C=O) groups excluding carboxylic acids is 2. The van der Waals surface area contributed by atoms with E-state index in [0.717, 1.165) is 0 Å². The maximum atomic E-state index is 13.2. The lowest BCUT2D eigenvalue weighted by molar-refractivity contribution is -0.142. The average molecular weight is 332 g/mol. The fraction of sp³-hybridized carbons (Fsp3) is 0.875. The zero-order valence-electron chi connectivity index (χ0n) is 13.8. The van der Waals surface area contributed by atoms with E-state index >= 15 is 0 Å². The van der Waals surface area contributed by atoms with E-state index in [9.17, 15) is 18.4 Å². The summed E-state index contributed by atoms with van der Waals surface area (Å²) in [4.78, 5) is 26.7. The van der Waals surface area contributed by atoms with Gasteiger partial charge in [-0.1, -0.05) is 13.8 Å². The second-order valence-corrected chi connectivity index (χ2v) is 6.80. The van der Waals surface area contributed by atoms with Gasteiger partial charge in [0.25, 0.3) is 0 Å². The molecule has 1 aliphatic heterocycles. The molecule has 132 valence electrons. The molecular weight excluding hydrogens is 306 g/mol. The van der Waals surface area contributed by atoms with Gasteiger partial charge in [0.1, 0.15) is 6.04 Å². The maximum absolute atomic E-state index is 13.2. The zero-order chi connectivity index (χ0) is 17.0. The minimum absolute atomic E-state index is 0.0562. The van der Waals surface area contributed by atoms with Crippen LogP contribution < -0.4 is 5.32 Å². The fourth-order valence-electron chi connectivity index (χ4n) is 3.07. The Bertz CT molecular complexity index is 427. The Morgan fingerprint density at radius 1 is 1.17 bits per heavy atom. The van der Waals surface area contributed by atoms with Crippen molar-refractivity contribution in [2.45, 2.75) is 51.5 Å². The van der Waals surface area contributed by atoms with Crippen LogP contribution in [0.15, 0.2) is 0 Å². The Morgan fingerprint density at radius 3 is 2.26 bits per heavy atom. The number of nitrogens with one attached hydrogen (secondary N) is 1. The van der Waals surface area contributed by atoms with Gasteiger partial charge in [0.05, 0.1) is 13.2 Å². The average Bonchev–Trinajstić information content (AvgIpc) is 2.52. The van der Waals surface area contributed by atoms with Gasteiger partial charge in [-0.25, -0.2) is 8.78 Å². The van der Waals surface area contributed by atoms with Crippen LogP contribution in [0.4, 0.5) is 8.78 Å². The quantitative estimate of drug-likeness (QED) is 0.854. The van der Waals surface area contributed by atoms with Crippen LogP contribution in [0.5, 0.6) is 0 Å². The number of alkyl halides is 2. The predicted molar refractivity (Wildman–Crippen MR) is 81.1 cm³/mol. The van der Waals surface area contributed by atoms with Crippen LogP contribution in [0.1, 0.15) is 39.5 Å². The molecule has 0 radical (unpaired) electrons. The number of amides is 2. The molecule has 0 spiro atoms. The zero-order valence-corrected chi connectivity index (χ0v) is 13.8. The van der Waals surface area contributed by atoms with Crippen LogP contribution in [-0.2, 0) is 14.3 Å². The van der Waals surface area contributed by atoms with Crippen molar-refractivity contribution in [3.8, 4) is 0 Å². The number of halogens is 2. The molecule has 1 atom stereocenters. The number of rotatable bonds is 4. The van der Waals surface area contributed by atoms with E-state index in [4.69, 9.17) is 4.74 Å². The van der Waals surface area contributed by atoms with E-state index in [2.05, 4.69) is 5.32 Å². The molecule has 1 aliphatic carbocycles. The van der Waals surface area contributed by atoms with E-state index in [0.29, 0.717) is 26.3 Å². The van der Waals surface area contributed by atoms with Gasteiger partial charge in [0.2, 0.25) is 17.7 Å². The van der Waals surface area contributed by atoms with E-state index in [-0.39, 0.29) is 43.4 Å². The summed E-state index contributed by atoms with van der Waals surface area (Å²) in [5.41, 5.74) is 0. The molecule has 1 unspecified atom stereocenters. The smallest absolute Gasteiger partial charge is 0.248 e. The summed E-state index contributed by atoms with van der Waals surface area (Å²) in [6.07, 6.45) is -0.158. The highest BCUT2D eigenvalue weighted by Crippen LogP contribution is 2.36. The second-order valence-electron chi connectivity index (χ2n) is 6.80. The van der Waals surface area contributed by atoms with Crippen molar-refractivity contribution >= 4 is 11.8 Å². The molecule has 1 saturated carbocycles. The summed E-state index contributed by atoms with van der Waals surface area (Å²) in [6, 6.07) is -0.608. The fourth-order valence-corrected chi connectivity index (χ4v) is 3.07. The molecule has 2 aliphatic rings. The molecule has 0 aromatic carbocycles. The Morgan fingerprint density at radius 2 is 1.74 bits per heavy atom. The molecule has 1 N–H and O–H groups in total. The molecule has 23 heavy (non-hydrogen) atoms. The van der Waals surface area contributed by atoms with Crippen molar-refractivity contribution in [2.75, 3.05) is 26.3 Å². The molecular formula is C16H26F2N2O3. The first kappa shape index (κ1) is 18.1. The molecule has 1 saturated heterocycles. The Kier molecular flexibility index (Phi) is 5.95. The van der Waals surface area contributed by atoms with E-state index in [1.165, 1.54) is 0 Å². The Labute approximate surface area is 135 Å². The van der Waals surface area contributed by atoms with Crippen molar-refractivity contribution in [1.82, 2.24) is 10.2 Å². The first-order valence-electron chi connectivity index (χ1n) is 8.35. The molecule has 5 nitrogen and oxygen atoms in total. The summed E-state index contributed by atoms with van der Waals surface area (Å²) in [6.45, 7) is 5.79. The molecule has 7 heteroatoms. The van der Waals surface area contributed by atoms with Crippen molar-refractivity contribution in [3.05, 3.63) is 0 Å². The van der Waals surface area contributed by atoms with Crippen LogP contribution >= 0.6 is 0 Å². The van der Waals surface area contributed by atoms with Gasteiger partial charge >= 0.3 is 0 Å². The monoisotopic (exact) mass is 332 g/mol. The first-order valence-corrected chi connectivity index (χ1v) is 8.35. The van der Waals surface area contributed by atoms with Gasteiger partial charge in [-0.05, 0) is 18.8 Å². The first-order chi connectivity index (χ1) is 10.8. The molecule has 0 aromatic heterocycles. The number of hydrogen-bond acceptors (Lipinski definition) is 3. The van der Waals surface area contributed by atoms with Crippen molar-refractivity contribution in [1.29, 1.82) is 0 Å². The Hall–Kier alpha value is -1.24. The highest BCUT2D eigenvalue weighted by molar-refractivity contribution is 5.88. The molecule has 2 fully saturated rings. The Balaban J connectivity index is 1.93. The van der Waals surface area contributed by atoms with E-state index < -0.39 is 17.9 Å². The SMILES string of the molecule is CC(C)C(NC(=O)C1CCC(F)(F)CC1)C(=O)N1CCOCC1. The number of ether oxygens (including phenoxy) is 1. The van der Waals surface area contributed by atoms with Gasteiger partial charge in [-0.3, -0.25) is 9.59 Å². The summed E-state index contributed by atoms with van der Waals surface area (Å²) in [5.74, 6) is -3.52. The van der Waals surface area contributed by atoms with E-state index in [1.807, 2.05) is 13.8 Å². The van der Waals surface area contributed by atoms with Gasteiger partial charge in [-0.2, -0.15) is 0 Å². The molecule has 2 amide bonds. The van der Waals surface area contributed by atoms with Gasteiger partial charge < -0.3 is 15.0 Å². The largest absolute Gasteiger partial charge is 0.378 e. The standard InChI is InChI=1S/C16H26F2N2O3/c1-11(2)13(15(22)20-7-9-23-10-8-20)19-14(21)12-3-5-16(17,18)6-4-12/h11-13H,3-10H2,1-2H3,(H,19,21). The molecule has 1 heterocycles. The van der Waals surface area contributed by atoms with Crippen LogP contribution in [0.2, 0.25) is 0 Å².